The van der Waals surface area contributed by atoms with Crippen molar-refractivity contribution >= 4 is 11.7 Å². The number of nitrogens with one attached hydrogen (secondary N) is 3. The summed E-state index contributed by atoms with van der Waals surface area (Å²) in [6, 6.07) is 2.32. The van der Waals surface area contributed by atoms with Crippen molar-refractivity contribution in [3.63, 3.8) is 0 Å². The summed E-state index contributed by atoms with van der Waals surface area (Å²) >= 11 is 0. The number of urea groups is 1. The van der Waals surface area contributed by atoms with Crippen molar-refractivity contribution in [1.82, 2.24) is 10.6 Å². The third-order valence-electron chi connectivity index (χ3n) is 2.21. The van der Waals surface area contributed by atoms with Crippen molar-refractivity contribution in [3.05, 3.63) is 29.8 Å². The van der Waals surface area contributed by atoms with Gasteiger partial charge < -0.3 is 21.1 Å². The predicted octanol–water partition coefficient (Wildman–Crippen LogP) is 1.06. The molecule has 7 heteroatoms. The van der Waals surface area contributed by atoms with E-state index in [1.165, 1.54) is 0 Å². The molecule has 5 nitrogen and oxygen atoms in total. The van der Waals surface area contributed by atoms with E-state index in [1.807, 2.05) is 0 Å². The van der Waals surface area contributed by atoms with Crippen molar-refractivity contribution in [2.45, 2.75) is 13.0 Å². The number of rotatable bonds is 6. The maximum absolute atomic E-state index is 13.2. The monoisotopic (exact) mass is 273 g/mol. The van der Waals surface area contributed by atoms with Crippen LogP contribution in [0.25, 0.3) is 0 Å². The molecule has 19 heavy (non-hydrogen) atoms. The first-order chi connectivity index (χ1) is 8.99. The summed E-state index contributed by atoms with van der Waals surface area (Å²) in [6.45, 7) is 2.87. The zero-order chi connectivity index (χ0) is 14.3. The molecule has 1 atom stereocenters. The fraction of sp³-hybridized carbons (Fsp3) is 0.417. The molecule has 0 aliphatic carbocycles. The Morgan fingerprint density at radius 3 is 2.74 bits per heavy atom. The molecule has 106 valence electrons. The van der Waals surface area contributed by atoms with E-state index in [4.69, 9.17) is 5.11 Å². The van der Waals surface area contributed by atoms with Gasteiger partial charge in [0.15, 0.2) is 0 Å². The van der Waals surface area contributed by atoms with Gasteiger partial charge in [0.2, 0.25) is 0 Å². The van der Waals surface area contributed by atoms with Crippen LogP contribution < -0.4 is 16.0 Å². The van der Waals surface area contributed by atoms with E-state index < -0.39 is 23.8 Å². The second-order valence-corrected chi connectivity index (χ2v) is 4.06. The van der Waals surface area contributed by atoms with E-state index in [-0.39, 0.29) is 5.69 Å². The van der Waals surface area contributed by atoms with Crippen LogP contribution >= 0.6 is 0 Å². The lowest BCUT2D eigenvalue weighted by Gasteiger charge is -2.10. The van der Waals surface area contributed by atoms with Crippen LogP contribution in [0.1, 0.15) is 6.92 Å². The SMILES string of the molecule is CC(O)CNCCNC(=O)Nc1ccc(F)cc1F. The Balaban J connectivity index is 2.27. The normalized spacial score (nSPS) is 12.0. The van der Waals surface area contributed by atoms with Gasteiger partial charge in [-0.15, -0.1) is 0 Å². The second-order valence-electron chi connectivity index (χ2n) is 4.06. The van der Waals surface area contributed by atoms with Crippen LogP contribution in [-0.2, 0) is 0 Å². The molecule has 0 saturated carbocycles. The highest BCUT2D eigenvalue weighted by atomic mass is 19.1. The number of aliphatic hydroxyl groups excluding tert-OH is 1. The van der Waals surface area contributed by atoms with Gasteiger partial charge in [0, 0.05) is 25.7 Å². The van der Waals surface area contributed by atoms with Gasteiger partial charge in [-0.3, -0.25) is 0 Å². The number of hydrogen-bond donors (Lipinski definition) is 4. The summed E-state index contributed by atoms with van der Waals surface area (Å²) < 4.78 is 25.9. The summed E-state index contributed by atoms with van der Waals surface area (Å²) in [6.07, 6.45) is -0.456. The molecule has 0 saturated heterocycles. The van der Waals surface area contributed by atoms with E-state index in [2.05, 4.69) is 16.0 Å². The van der Waals surface area contributed by atoms with Crippen LogP contribution in [0.15, 0.2) is 18.2 Å². The van der Waals surface area contributed by atoms with Gasteiger partial charge in [-0.2, -0.15) is 0 Å². The molecule has 0 bridgehead atoms. The lowest BCUT2D eigenvalue weighted by molar-refractivity contribution is 0.191. The molecular weight excluding hydrogens is 256 g/mol. The third-order valence-corrected chi connectivity index (χ3v) is 2.21. The van der Waals surface area contributed by atoms with E-state index >= 15 is 0 Å². The first kappa shape index (κ1) is 15.3. The molecule has 4 N–H and O–H groups in total. The maximum Gasteiger partial charge on any atom is 0.319 e. The second kappa shape index (κ2) is 7.65. The van der Waals surface area contributed by atoms with Crippen molar-refractivity contribution in [2.24, 2.45) is 0 Å². The van der Waals surface area contributed by atoms with Crippen LogP contribution in [-0.4, -0.2) is 36.9 Å². The van der Waals surface area contributed by atoms with Gasteiger partial charge in [-0.1, -0.05) is 0 Å². The third kappa shape index (κ3) is 6.12. The zero-order valence-corrected chi connectivity index (χ0v) is 10.5. The molecule has 1 rings (SSSR count). The summed E-state index contributed by atoms with van der Waals surface area (Å²) in [5.41, 5.74) is -0.0872. The minimum absolute atomic E-state index is 0.0872. The minimum atomic E-state index is -0.831. The maximum atomic E-state index is 13.2. The van der Waals surface area contributed by atoms with E-state index in [0.29, 0.717) is 25.7 Å². The topological polar surface area (TPSA) is 73.4 Å². The fourth-order valence-corrected chi connectivity index (χ4v) is 1.33. The molecule has 0 aliphatic rings. The van der Waals surface area contributed by atoms with Crippen molar-refractivity contribution in [3.8, 4) is 0 Å². The van der Waals surface area contributed by atoms with Gasteiger partial charge in [0.1, 0.15) is 11.6 Å². The quantitative estimate of drug-likeness (QED) is 0.586. The Morgan fingerprint density at radius 1 is 1.37 bits per heavy atom. The van der Waals surface area contributed by atoms with Gasteiger partial charge in [-0.05, 0) is 19.1 Å². The molecule has 1 aromatic carbocycles. The lowest BCUT2D eigenvalue weighted by Crippen LogP contribution is -2.36. The Morgan fingerprint density at radius 2 is 2.11 bits per heavy atom. The molecule has 0 spiro atoms. The van der Waals surface area contributed by atoms with E-state index in [0.717, 1.165) is 12.1 Å². The molecular formula is C12H17F2N3O2. The molecule has 0 aromatic heterocycles. The van der Waals surface area contributed by atoms with E-state index in [9.17, 15) is 13.6 Å². The highest BCUT2D eigenvalue weighted by Gasteiger charge is 2.07. The lowest BCUT2D eigenvalue weighted by atomic mass is 10.3. The number of aliphatic hydroxyl groups is 1. The Labute approximate surface area is 110 Å². The van der Waals surface area contributed by atoms with Crippen LogP contribution in [0.4, 0.5) is 19.3 Å². The Bertz CT molecular complexity index is 427. The number of halogens is 2. The standard InChI is InChI=1S/C12H17F2N3O2/c1-8(18)7-15-4-5-16-12(19)17-11-3-2-9(13)6-10(11)14/h2-3,6,8,15,18H,4-5,7H2,1H3,(H2,16,17,19). The summed E-state index contributed by atoms with van der Waals surface area (Å²) in [5.74, 6) is -1.53. The van der Waals surface area contributed by atoms with Crippen LogP contribution in [0.2, 0.25) is 0 Å². The molecule has 0 fully saturated rings. The Hall–Kier alpha value is -1.73. The first-order valence-electron chi connectivity index (χ1n) is 5.87. The minimum Gasteiger partial charge on any atom is -0.392 e. The first-order valence-corrected chi connectivity index (χ1v) is 5.87. The molecule has 0 aliphatic heterocycles. The summed E-state index contributed by atoms with van der Waals surface area (Å²) in [4.78, 5) is 11.4. The zero-order valence-electron chi connectivity index (χ0n) is 10.5. The molecule has 1 unspecified atom stereocenters. The van der Waals surface area contributed by atoms with Crippen molar-refractivity contribution in [1.29, 1.82) is 0 Å². The predicted molar refractivity (Wildman–Crippen MR) is 67.9 cm³/mol. The smallest absolute Gasteiger partial charge is 0.319 e. The van der Waals surface area contributed by atoms with E-state index in [1.54, 1.807) is 6.92 Å². The van der Waals surface area contributed by atoms with Gasteiger partial charge in [0.05, 0.1) is 11.8 Å². The van der Waals surface area contributed by atoms with Crippen molar-refractivity contribution < 1.29 is 18.7 Å². The number of anilines is 1. The van der Waals surface area contributed by atoms with Crippen molar-refractivity contribution in [2.75, 3.05) is 25.0 Å². The number of amides is 2. The number of hydrogen-bond acceptors (Lipinski definition) is 3. The van der Waals surface area contributed by atoms with Gasteiger partial charge in [0.25, 0.3) is 0 Å². The largest absolute Gasteiger partial charge is 0.392 e. The number of carbonyl (C=O) groups excluding carboxylic acids is 1. The van der Waals surface area contributed by atoms with Crippen LogP contribution in [0, 0.1) is 11.6 Å². The molecule has 0 radical (unpaired) electrons. The number of carbonyl (C=O) groups is 1. The Kier molecular flexibility index (Phi) is 6.17. The molecule has 1 aromatic rings. The van der Waals surface area contributed by atoms with Gasteiger partial charge >= 0.3 is 6.03 Å². The summed E-state index contributed by atoms with van der Waals surface area (Å²) in [5, 5.41) is 16.6. The highest BCUT2D eigenvalue weighted by molar-refractivity contribution is 5.89. The van der Waals surface area contributed by atoms with Crippen LogP contribution in [0.5, 0.6) is 0 Å². The molecule has 0 heterocycles. The highest BCUT2D eigenvalue weighted by Crippen LogP contribution is 2.14. The average molecular weight is 273 g/mol. The fourth-order valence-electron chi connectivity index (χ4n) is 1.33. The molecule has 2 amide bonds. The average Bonchev–Trinajstić information content (AvgIpc) is 2.32. The number of benzene rings is 1. The van der Waals surface area contributed by atoms with Gasteiger partial charge in [-0.25, -0.2) is 13.6 Å². The summed E-state index contributed by atoms with van der Waals surface area (Å²) in [7, 11) is 0. The van der Waals surface area contributed by atoms with Crippen LogP contribution in [0.3, 0.4) is 0 Å².